The van der Waals surface area contributed by atoms with E-state index in [-0.39, 0.29) is 23.9 Å². The van der Waals surface area contributed by atoms with Crippen molar-refractivity contribution in [1.82, 2.24) is 39.5 Å². The van der Waals surface area contributed by atoms with Crippen molar-refractivity contribution in [1.29, 1.82) is 0 Å². The average molecular weight is 711 g/mol. The second-order valence-electron chi connectivity index (χ2n) is 13.5. The first kappa shape index (κ1) is 36.1. The molecule has 2 saturated heterocycles. The molecular weight excluding hydrogens is 664 g/mol. The first-order valence-electron chi connectivity index (χ1n) is 17.9. The van der Waals surface area contributed by atoms with Gasteiger partial charge in [-0.3, -0.25) is 19.4 Å². The molecule has 4 N–H and O–H groups in total. The summed E-state index contributed by atoms with van der Waals surface area (Å²) in [6.45, 7) is 4.76. The molecule has 52 heavy (non-hydrogen) atoms. The van der Waals surface area contributed by atoms with Crippen molar-refractivity contribution in [2.75, 3.05) is 27.2 Å². The summed E-state index contributed by atoms with van der Waals surface area (Å²) >= 11 is 0. The SMILES string of the molecule is CC[C@@H](C(=O)N1CCC[C@H]1c1ncc(-c2ccc(-c3ccc(-c4cnc([C@@H]5CCCN5C(=O)[C@H](CC)N(C)C(=O)O)[nH]4)cc3)cc2)[nH]1)N(C)C(=O)O. The Kier molecular flexibility index (Phi) is 10.6. The largest absolute Gasteiger partial charge is 0.465 e. The predicted octanol–water partition coefficient (Wildman–Crippen LogP) is 6.24. The summed E-state index contributed by atoms with van der Waals surface area (Å²) in [7, 11) is 2.87. The number of nitrogens with one attached hydrogen (secondary N) is 2. The highest BCUT2D eigenvalue weighted by Crippen LogP contribution is 2.35. The Hall–Kier alpha value is -5.66. The highest BCUT2D eigenvalue weighted by molar-refractivity contribution is 5.86. The third kappa shape index (κ3) is 7.10. The summed E-state index contributed by atoms with van der Waals surface area (Å²) in [5.41, 5.74) is 5.66. The van der Waals surface area contributed by atoms with Gasteiger partial charge in [0.1, 0.15) is 23.7 Å². The van der Waals surface area contributed by atoms with Gasteiger partial charge in [0.2, 0.25) is 11.8 Å². The van der Waals surface area contributed by atoms with Crippen LogP contribution in [0.15, 0.2) is 60.9 Å². The normalized spacial score (nSPS) is 18.3. The number of aromatic nitrogens is 4. The quantitative estimate of drug-likeness (QED) is 0.141. The summed E-state index contributed by atoms with van der Waals surface area (Å²) in [6, 6.07) is 14.4. The third-order valence-corrected chi connectivity index (χ3v) is 10.5. The van der Waals surface area contributed by atoms with Gasteiger partial charge >= 0.3 is 12.2 Å². The van der Waals surface area contributed by atoms with Crippen LogP contribution in [0, 0.1) is 0 Å². The van der Waals surface area contributed by atoms with Gasteiger partial charge in [-0.2, -0.15) is 0 Å². The van der Waals surface area contributed by atoms with E-state index in [1.54, 1.807) is 22.2 Å². The molecule has 2 aliphatic rings. The standard InChI is InChI=1S/C38H46N8O6/c1-5-29(43(3)37(49)50)35(47)45-19-7-9-31(45)33-39-21-27(41-33)25-15-11-23(12-16-25)24-13-17-26(18-14-24)28-22-40-34(42-28)32-10-8-20-46(32)36(48)30(6-2)44(4)38(51)52/h11-18,21-22,29-32H,5-10,19-20H2,1-4H3,(H,39,41)(H,40,42)(H,49,50)(H,51,52)/t29-,30-,31-,32-/m0/s1. The van der Waals surface area contributed by atoms with Gasteiger partial charge in [0, 0.05) is 27.2 Å². The number of likely N-dealkylation sites (N-methyl/N-ethyl adjacent to an activating group) is 2. The number of hydrogen-bond acceptors (Lipinski definition) is 6. The number of benzene rings is 2. The highest BCUT2D eigenvalue weighted by atomic mass is 16.4. The molecule has 0 bridgehead atoms. The summed E-state index contributed by atoms with van der Waals surface area (Å²) < 4.78 is 0. The second-order valence-corrected chi connectivity index (χ2v) is 13.5. The number of amides is 4. The Balaban J connectivity index is 1.11. The molecule has 4 atom stereocenters. The van der Waals surface area contributed by atoms with Crippen LogP contribution >= 0.6 is 0 Å². The average Bonchev–Trinajstić information content (AvgIpc) is 3.99. The van der Waals surface area contributed by atoms with Crippen LogP contribution in [0.25, 0.3) is 33.6 Å². The monoisotopic (exact) mass is 710 g/mol. The number of imidazole rings is 2. The molecule has 0 radical (unpaired) electrons. The van der Waals surface area contributed by atoms with Crippen molar-refractivity contribution < 1.29 is 29.4 Å². The third-order valence-electron chi connectivity index (χ3n) is 10.5. The number of hydrogen-bond donors (Lipinski definition) is 4. The molecule has 0 aliphatic carbocycles. The number of aromatic amines is 2. The number of carbonyl (C=O) groups is 4. The van der Waals surface area contributed by atoms with E-state index in [2.05, 4.69) is 44.2 Å². The minimum absolute atomic E-state index is 0.198. The lowest BCUT2D eigenvalue weighted by Crippen LogP contribution is -2.48. The van der Waals surface area contributed by atoms with Crippen LogP contribution in [0.5, 0.6) is 0 Å². The maximum atomic E-state index is 13.4. The molecule has 274 valence electrons. The van der Waals surface area contributed by atoms with E-state index in [9.17, 15) is 29.4 Å². The van der Waals surface area contributed by atoms with Crippen molar-refractivity contribution in [3.05, 3.63) is 72.6 Å². The molecule has 4 amide bonds. The molecule has 4 aromatic rings. The number of nitrogens with zero attached hydrogens (tertiary/aromatic N) is 6. The van der Waals surface area contributed by atoms with Crippen molar-refractivity contribution in [2.45, 2.75) is 76.5 Å². The summed E-state index contributed by atoms with van der Waals surface area (Å²) in [5.74, 6) is 0.991. The van der Waals surface area contributed by atoms with Gasteiger partial charge in [-0.25, -0.2) is 19.6 Å². The van der Waals surface area contributed by atoms with Gasteiger partial charge in [0.25, 0.3) is 0 Å². The molecule has 0 unspecified atom stereocenters. The van der Waals surface area contributed by atoms with Gasteiger partial charge in [-0.05, 0) is 60.8 Å². The first-order valence-corrected chi connectivity index (χ1v) is 17.9. The fraction of sp³-hybridized carbons (Fsp3) is 0.421. The molecule has 2 aliphatic heterocycles. The van der Waals surface area contributed by atoms with Gasteiger partial charge < -0.3 is 30.0 Å². The molecule has 14 heteroatoms. The Labute approximate surface area is 302 Å². The van der Waals surface area contributed by atoms with E-state index in [0.29, 0.717) is 37.6 Å². The van der Waals surface area contributed by atoms with Crippen molar-refractivity contribution in [3.8, 4) is 33.6 Å². The molecule has 4 heterocycles. The number of H-pyrrole nitrogens is 2. The van der Waals surface area contributed by atoms with Crippen LogP contribution in [0.1, 0.15) is 76.1 Å². The molecule has 0 spiro atoms. The number of likely N-dealkylation sites (tertiary alicyclic amines) is 2. The molecular formula is C38H46N8O6. The number of rotatable bonds is 11. The minimum Gasteiger partial charge on any atom is -0.465 e. The highest BCUT2D eigenvalue weighted by Gasteiger charge is 2.39. The van der Waals surface area contributed by atoms with Crippen LogP contribution in [0.3, 0.4) is 0 Å². The van der Waals surface area contributed by atoms with E-state index >= 15 is 0 Å². The zero-order valence-corrected chi connectivity index (χ0v) is 30.0. The maximum absolute atomic E-state index is 13.4. The number of carboxylic acid groups (broad SMARTS) is 2. The molecule has 6 rings (SSSR count). The lowest BCUT2D eigenvalue weighted by molar-refractivity contribution is -0.137. The van der Waals surface area contributed by atoms with Gasteiger partial charge in [0.05, 0.1) is 35.9 Å². The van der Waals surface area contributed by atoms with Crippen LogP contribution in [-0.4, -0.2) is 113 Å². The summed E-state index contributed by atoms with van der Waals surface area (Å²) in [5, 5.41) is 18.9. The molecule has 0 saturated carbocycles. The first-order chi connectivity index (χ1) is 25.0. The topological polar surface area (TPSA) is 179 Å². The molecule has 2 aromatic carbocycles. The maximum Gasteiger partial charge on any atom is 0.407 e. The number of carbonyl (C=O) groups excluding carboxylic acids is 2. The van der Waals surface area contributed by atoms with Gasteiger partial charge in [-0.1, -0.05) is 62.4 Å². The fourth-order valence-electron chi connectivity index (χ4n) is 7.50. The Morgan fingerprint density at radius 3 is 1.35 bits per heavy atom. The molecule has 2 aromatic heterocycles. The van der Waals surface area contributed by atoms with Crippen molar-refractivity contribution in [2.24, 2.45) is 0 Å². The van der Waals surface area contributed by atoms with Crippen LogP contribution < -0.4 is 0 Å². The Morgan fingerprint density at radius 1 is 0.673 bits per heavy atom. The van der Waals surface area contributed by atoms with E-state index in [1.807, 2.05) is 38.1 Å². The smallest absolute Gasteiger partial charge is 0.407 e. The Morgan fingerprint density at radius 2 is 1.02 bits per heavy atom. The van der Waals surface area contributed by atoms with E-state index < -0.39 is 24.3 Å². The van der Waals surface area contributed by atoms with Crippen molar-refractivity contribution >= 4 is 24.0 Å². The predicted molar refractivity (Wildman–Crippen MR) is 194 cm³/mol. The lowest BCUT2D eigenvalue weighted by Gasteiger charge is -2.31. The van der Waals surface area contributed by atoms with Crippen LogP contribution in [0.4, 0.5) is 9.59 Å². The van der Waals surface area contributed by atoms with Gasteiger partial charge in [-0.15, -0.1) is 0 Å². The van der Waals surface area contributed by atoms with Gasteiger partial charge in [0.15, 0.2) is 0 Å². The minimum atomic E-state index is -1.12. The summed E-state index contributed by atoms with van der Waals surface area (Å²) in [4.78, 5) is 71.5. The summed E-state index contributed by atoms with van der Waals surface area (Å²) in [6.07, 6.45) is 5.24. The zero-order chi connectivity index (χ0) is 37.1. The van der Waals surface area contributed by atoms with E-state index in [1.165, 1.54) is 14.1 Å². The van der Waals surface area contributed by atoms with E-state index in [0.717, 1.165) is 69.1 Å². The molecule has 2 fully saturated rings. The van der Waals surface area contributed by atoms with Crippen molar-refractivity contribution in [3.63, 3.8) is 0 Å². The Bertz CT molecular complexity index is 1770. The zero-order valence-electron chi connectivity index (χ0n) is 30.0. The molecule has 14 nitrogen and oxygen atoms in total. The van der Waals surface area contributed by atoms with E-state index in [4.69, 9.17) is 0 Å². The lowest BCUT2D eigenvalue weighted by atomic mass is 10.0. The fourth-order valence-corrected chi connectivity index (χ4v) is 7.50. The second kappa shape index (κ2) is 15.3. The van der Waals surface area contributed by atoms with Crippen LogP contribution in [-0.2, 0) is 9.59 Å². The van der Waals surface area contributed by atoms with Crippen LogP contribution in [0.2, 0.25) is 0 Å².